The summed E-state index contributed by atoms with van der Waals surface area (Å²) in [6, 6.07) is 67.1. The van der Waals surface area contributed by atoms with E-state index in [1.165, 1.54) is 0 Å². The number of benzene rings is 15. The monoisotopic (exact) mass is 1570 g/mol. The van der Waals surface area contributed by atoms with E-state index >= 15 is 0 Å². The fourth-order valence-corrected chi connectivity index (χ4v) is 18.3. The van der Waals surface area contributed by atoms with E-state index in [0.717, 1.165) is 128 Å². The Morgan fingerprint density at radius 1 is 0.258 bits per heavy atom. The van der Waals surface area contributed by atoms with Gasteiger partial charge in [-0.15, -0.1) is 0 Å². The van der Waals surface area contributed by atoms with Gasteiger partial charge in [-0.3, -0.25) is 0 Å². The van der Waals surface area contributed by atoms with Crippen molar-refractivity contribution in [3.05, 3.63) is 342 Å². The molecule has 0 saturated carbocycles. The summed E-state index contributed by atoms with van der Waals surface area (Å²) in [4.78, 5) is 4.79. The number of hydrogen-bond acceptors (Lipinski definition) is 3. The number of furan rings is 1. The molecule has 20 rings (SSSR count). The third kappa shape index (κ3) is 12.6. The highest BCUT2D eigenvalue weighted by Crippen LogP contribution is 2.57. The minimum Gasteiger partial charge on any atom is -0.456 e. The molecule has 5 heterocycles. The molecule has 0 spiro atoms. The van der Waals surface area contributed by atoms with Crippen molar-refractivity contribution in [3.8, 4) is 67.0 Å². The van der Waals surface area contributed by atoms with Gasteiger partial charge in [0.2, 0.25) is 0 Å². The summed E-state index contributed by atoms with van der Waals surface area (Å²) < 4.78 is 165. The average Bonchev–Trinajstić information content (AvgIpc) is 1.02. The molecule has 0 bridgehead atoms. The van der Waals surface area contributed by atoms with E-state index in [1.807, 2.05) is 48.5 Å². The quantitative estimate of drug-likeness (QED) is 0.135. The Labute approximate surface area is 730 Å². The van der Waals surface area contributed by atoms with Crippen LogP contribution in [0.4, 0.5) is 34.1 Å². The molecule has 0 amide bonds. The molecular formula is C114H105BN4O. The van der Waals surface area contributed by atoms with Gasteiger partial charge in [-0.05, 0) is 219 Å². The molecule has 18 aromatic rings. The predicted octanol–water partition coefficient (Wildman–Crippen LogP) is 30.0. The van der Waals surface area contributed by atoms with Crippen molar-refractivity contribution in [1.29, 1.82) is 0 Å². The average molecular weight is 1570 g/mol. The molecule has 0 N–H and O–H groups in total. The standard InChI is InChI=1S/C114H105BN4O/c1-109(2,3)76-37-29-33-71(57-76)89-64-80(113(13,14)15)65-90(72-34-30-38-77(58-72)110(4,5)6)107(89)118-100-68-82(116-96-46-24-19-41-84(96)85-42-20-25-47-97(85)116)52-54-94(100)115-95-55-53-83(117-98-48-26-21-43-86(98)87-44-22-27-49-99(87)117)69-101(95)119(103-63-75(62-102(118)106(103)115)70-51-56-105-93(61-70)88-45-23-28-50-104(88)120-105)108-91(73-35-31-39-78(59-73)111(7,8)9)66-81(114(16,17)18)67-92(108)74-36-32-40-79(60-74)112(10,11)12/h19-69H,1-18H3/i19D,20D,21D,22D,24D,25D,26D,27D,41D,42D,43D,44D,46D,47D,48D,49D. The highest BCUT2D eigenvalue weighted by Gasteiger charge is 2.47. The van der Waals surface area contributed by atoms with Gasteiger partial charge >= 0.3 is 0 Å². The Kier molecular flexibility index (Phi) is 13.7. The molecule has 5 nitrogen and oxygen atoms in total. The van der Waals surface area contributed by atoms with Gasteiger partial charge in [-0.1, -0.05) is 331 Å². The fraction of sp³-hybridized carbons (Fsp3) is 0.211. The third-order valence-corrected chi connectivity index (χ3v) is 24.9. The van der Waals surface area contributed by atoms with E-state index in [9.17, 15) is 21.9 Å². The highest BCUT2D eigenvalue weighted by atomic mass is 16.3. The number of aromatic nitrogens is 2. The Balaban J connectivity index is 1.06. The molecule has 0 unspecified atom stereocenters. The normalized spacial score (nSPS) is 15.2. The molecule has 0 atom stereocenters. The minimum atomic E-state index is -0.858. The summed E-state index contributed by atoms with van der Waals surface area (Å²) in [5.74, 6) is 0. The van der Waals surface area contributed by atoms with Crippen LogP contribution in [-0.4, -0.2) is 15.8 Å². The number of rotatable bonds is 9. The molecule has 6 heteroatoms. The minimum absolute atomic E-state index is 0.0625. The largest absolute Gasteiger partial charge is 0.456 e. The summed E-state index contributed by atoms with van der Waals surface area (Å²) in [5.41, 5.74) is 20.6. The number of anilines is 6. The van der Waals surface area contributed by atoms with Crippen LogP contribution in [0.15, 0.2) is 313 Å². The second kappa shape index (κ2) is 27.5. The maximum absolute atomic E-state index is 10.1. The molecule has 590 valence electrons. The van der Waals surface area contributed by atoms with E-state index in [4.69, 9.17) is 4.42 Å². The van der Waals surface area contributed by atoms with Gasteiger partial charge in [0.05, 0.1) is 55.4 Å². The van der Waals surface area contributed by atoms with Crippen LogP contribution in [0.2, 0.25) is 0 Å². The fourth-order valence-electron chi connectivity index (χ4n) is 18.3. The van der Waals surface area contributed by atoms with Crippen LogP contribution in [0, 0.1) is 0 Å². The van der Waals surface area contributed by atoms with Crippen molar-refractivity contribution in [1.82, 2.24) is 9.13 Å². The smallest absolute Gasteiger partial charge is 0.252 e. The molecular weight excluding hydrogens is 1450 g/mol. The molecule has 3 aromatic heterocycles. The molecule has 15 aromatic carbocycles. The van der Waals surface area contributed by atoms with Crippen molar-refractivity contribution in [3.63, 3.8) is 0 Å². The molecule has 0 fully saturated rings. The zero-order valence-electron chi connectivity index (χ0n) is 87.5. The summed E-state index contributed by atoms with van der Waals surface area (Å²) in [6.07, 6.45) is 0. The lowest BCUT2D eigenvalue weighted by atomic mass is 9.33. The van der Waals surface area contributed by atoms with Crippen LogP contribution in [-0.2, 0) is 32.5 Å². The van der Waals surface area contributed by atoms with Gasteiger partial charge in [0.1, 0.15) is 11.2 Å². The van der Waals surface area contributed by atoms with Crippen molar-refractivity contribution in [2.45, 2.75) is 157 Å². The van der Waals surface area contributed by atoms with Gasteiger partial charge in [-0.2, -0.15) is 0 Å². The molecule has 0 aliphatic carbocycles. The van der Waals surface area contributed by atoms with E-state index in [0.29, 0.717) is 45.3 Å². The van der Waals surface area contributed by atoms with Crippen LogP contribution in [0.25, 0.3) is 133 Å². The second-order valence-corrected chi connectivity index (χ2v) is 39.1. The summed E-state index contributed by atoms with van der Waals surface area (Å²) in [7, 11) is 0. The van der Waals surface area contributed by atoms with Crippen LogP contribution in [0.1, 0.15) is 180 Å². The first-order valence-corrected chi connectivity index (χ1v) is 41.7. The first-order chi connectivity index (χ1) is 63.9. The first kappa shape index (κ1) is 59.9. The van der Waals surface area contributed by atoms with Crippen molar-refractivity contribution < 1.29 is 26.3 Å². The Bertz CT molecular complexity index is 7550. The zero-order valence-corrected chi connectivity index (χ0v) is 71.5. The topological polar surface area (TPSA) is 29.5 Å². The van der Waals surface area contributed by atoms with Crippen molar-refractivity contribution >= 4 is 123 Å². The summed E-state index contributed by atoms with van der Waals surface area (Å²) in [6.45, 7) is 39.2. The van der Waals surface area contributed by atoms with Gasteiger partial charge in [0, 0.05) is 88.7 Å². The zero-order chi connectivity index (χ0) is 97.1. The van der Waals surface area contributed by atoms with Crippen molar-refractivity contribution in [2.24, 2.45) is 0 Å². The van der Waals surface area contributed by atoms with E-state index in [1.54, 1.807) is 9.13 Å². The number of fused-ring (bicyclic) bond motifs is 13. The van der Waals surface area contributed by atoms with Crippen LogP contribution in [0.3, 0.4) is 0 Å². The summed E-state index contributed by atoms with van der Waals surface area (Å²) >= 11 is 0. The lowest BCUT2D eigenvalue weighted by Crippen LogP contribution is -2.61. The molecule has 0 saturated heterocycles. The van der Waals surface area contributed by atoms with E-state index in [-0.39, 0.29) is 65.3 Å². The lowest BCUT2D eigenvalue weighted by molar-refractivity contribution is 0.589. The number of nitrogens with zero attached hydrogens (tertiary/aromatic N) is 4. The van der Waals surface area contributed by atoms with Crippen LogP contribution >= 0.6 is 0 Å². The van der Waals surface area contributed by atoms with Gasteiger partial charge in [0.15, 0.2) is 0 Å². The van der Waals surface area contributed by atoms with Crippen LogP contribution < -0.4 is 26.2 Å². The van der Waals surface area contributed by atoms with E-state index in [2.05, 4.69) is 298 Å². The van der Waals surface area contributed by atoms with Crippen LogP contribution in [0.5, 0.6) is 0 Å². The maximum Gasteiger partial charge on any atom is 0.252 e. The molecule has 120 heavy (non-hydrogen) atoms. The Hall–Kier alpha value is -12.6. The Morgan fingerprint density at radius 2 is 0.592 bits per heavy atom. The summed E-state index contributed by atoms with van der Waals surface area (Å²) in [5, 5.41) is 1.43. The SMILES string of the molecule is [2H]c1c([2H])c([2H])c2c(c1[2H])c1c([2H])c([2H])c([2H])c([2H])c1n2-c1ccc2c(c1)N(c1c(-c3cccc(C(C)(C)C)c3)cc(C(C)(C)C)cc1-c1cccc(C(C)(C)C)c1)c1cc(-c3ccc4oc5ccccc5c4c3)cc3c1B2c1ccc(-n2c4c([2H])c([2H])c([2H])c([2H])c4c4c([2H])c([2H])c([2H])c([2H])c42)cc1N3c1c(-c2cccc(C(C)(C)C)c2)cc(C(C)(C)C)cc1-c1cccc(C(C)(C)C)c1. The first-order valence-electron chi connectivity index (χ1n) is 49.7. The van der Waals surface area contributed by atoms with Gasteiger partial charge in [0.25, 0.3) is 6.71 Å². The maximum atomic E-state index is 10.1. The van der Waals surface area contributed by atoms with Crippen molar-refractivity contribution in [2.75, 3.05) is 9.80 Å². The Morgan fingerprint density at radius 3 is 0.942 bits per heavy atom. The second-order valence-electron chi connectivity index (χ2n) is 39.1. The third-order valence-electron chi connectivity index (χ3n) is 24.9. The van der Waals surface area contributed by atoms with E-state index < -0.39 is 114 Å². The lowest BCUT2D eigenvalue weighted by Gasteiger charge is -2.46. The molecule has 2 aliphatic rings. The highest BCUT2D eigenvalue weighted by molar-refractivity contribution is 7.00. The number of hydrogen-bond donors (Lipinski definition) is 0. The molecule has 0 radical (unpaired) electrons. The van der Waals surface area contributed by atoms with Gasteiger partial charge in [-0.25, -0.2) is 0 Å². The predicted molar refractivity (Wildman–Crippen MR) is 516 cm³/mol. The number of para-hydroxylation sites is 5. The molecule has 2 aliphatic heterocycles. The van der Waals surface area contributed by atoms with Gasteiger partial charge < -0.3 is 23.4 Å².